The molecule has 2 aromatic rings. The van der Waals surface area contributed by atoms with Crippen LogP contribution in [0.25, 0.3) is 0 Å². The molecule has 4 heteroatoms. The Balaban J connectivity index is 2.06. The van der Waals surface area contributed by atoms with Crippen molar-refractivity contribution in [3.63, 3.8) is 0 Å². The second kappa shape index (κ2) is 7.79. The highest BCUT2D eigenvalue weighted by atomic mass is 79.9. The van der Waals surface area contributed by atoms with E-state index in [1.165, 1.54) is 0 Å². The smallest absolute Gasteiger partial charge is 0.0964 e. The van der Waals surface area contributed by atoms with Gasteiger partial charge in [0, 0.05) is 16.0 Å². The molecule has 2 rings (SSSR count). The van der Waals surface area contributed by atoms with Crippen LogP contribution in [0, 0.1) is 0 Å². The maximum absolute atomic E-state index is 6.04. The van der Waals surface area contributed by atoms with Gasteiger partial charge in [-0.15, -0.1) is 0 Å². The van der Waals surface area contributed by atoms with Crippen molar-refractivity contribution in [3.05, 3.63) is 69.2 Å². The average molecular weight is 355 g/mol. The van der Waals surface area contributed by atoms with Gasteiger partial charge in [0.25, 0.3) is 0 Å². The largest absolute Gasteiger partial charge is 0.367 e. The van der Waals surface area contributed by atoms with Crippen molar-refractivity contribution in [2.24, 2.45) is 0 Å². The Bertz CT molecular complexity index is 544. The van der Waals surface area contributed by atoms with Gasteiger partial charge in [0.2, 0.25) is 0 Å². The van der Waals surface area contributed by atoms with Gasteiger partial charge in [0.1, 0.15) is 0 Å². The van der Waals surface area contributed by atoms with Crippen LogP contribution in [0.15, 0.2) is 53.0 Å². The minimum absolute atomic E-state index is 0.00579. The Morgan fingerprint density at radius 1 is 1.15 bits per heavy atom. The second-order valence-electron chi connectivity index (χ2n) is 4.51. The number of benzene rings is 2. The summed E-state index contributed by atoms with van der Waals surface area (Å²) < 4.78 is 7.11. The highest BCUT2D eigenvalue weighted by molar-refractivity contribution is 9.10. The lowest BCUT2D eigenvalue weighted by Gasteiger charge is -2.19. The third-order valence-electron chi connectivity index (χ3n) is 3.01. The van der Waals surface area contributed by atoms with E-state index in [2.05, 4.69) is 27.3 Å². The van der Waals surface area contributed by atoms with E-state index in [1.807, 2.05) is 49.5 Å². The molecule has 1 atom stereocenters. The van der Waals surface area contributed by atoms with Crippen LogP contribution in [-0.4, -0.2) is 13.6 Å². The Kier molecular flexibility index (Phi) is 6.05. The molecule has 0 aromatic heterocycles. The first-order valence-electron chi connectivity index (χ1n) is 6.46. The predicted molar refractivity (Wildman–Crippen MR) is 87.1 cm³/mol. The van der Waals surface area contributed by atoms with E-state index in [1.54, 1.807) is 0 Å². The fourth-order valence-electron chi connectivity index (χ4n) is 1.96. The van der Waals surface area contributed by atoms with Gasteiger partial charge < -0.3 is 10.1 Å². The molecule has 1 N–H and O–H groups in total. The maximum Gasteiger partial charge on any atom is 0.0964 e. The van der Waals surface area contributed by atoms with Crippen LogP contribution in [0.5, 0.6) is 0 Å². The lowest BCUT2D eigenvalue weighted by Crippen LogP contribution is -2.20. The third kappa shape index (κ3) is 4.32. The van der Waals surface area contributed by atoms with Crippen LogP contribution in [0.3, 0.4) is 0 Å². The van der Waals surface area contributed by atoms with E-state index < -0.39 is 0 Å². The fourth-order valence-corrected chi connectivity index (χ4v) is 2.62. The van der Waals surface area contributed by atoms with Gasteiger partial charge in [-0.25, -0.2) is 0 Å². The molecule has 2 nitrogen and oxygen atoms in total. The molecule has 0 amide bonds. The van der Waals surface area contributed by atoms with Crippen molar-refractivity contribution in [2.45, 2.75) is 12.7 Å². The molecule has 0 aliphatic carbocycles. The van der Waals surface area contributed by atoms with E-state index in [0.717, 1.165) is 27.2 Å². The Morgan fingerprint density at radius 3 is 2.50 bits per heavy atom. The summed E-state index contributed by atoms with van der Waals surface area (Å²) in [5, 5.41) is 3.91. The van der Waals surface area contributed by atoms with Gasteiger partial charge in [0.15, 0.2) is 0 Å². The summed E-state index contributed by atoms with van der Waals surface area (Å²) in [4.78, 5) is 0. The van der Waals surface area contributed by atoms with E-state index >= 15 is 0 Å². The molecule has 0 heterocycles. The third-order valence-corrected chi connectivity index (χ3v) is 3.98. The molecule has 20 heavy (non-hydrogen) atoms. The molecule has 0 spiro atoms. The zero-order valence-electron chi connectivity index (χ0n) is 11.3. The van der Waals surface area contributed by atoms with Crippen molar-refractivity contribution in [3.8, 4) is 0 Å². The lowest BCUT2D eigenvalue weighted by molar-refractivity contribution is 0.0406. The minimum Gasteiger partial charge on any atom is -0.367 e. The van der Waals surface area contributed by atoms with Crippen molar-refractivity contribution in [2.75, 3.05) is 13.6 Å². The SMILES string of the molecule is CNCC(OCc1ccc(Cl)cc1)c1ccccc1Br. The molecule has 1 unspecified atom stereocenters. The van der Waals surface area contributed by atoms with Crippen LogP contribution in [0.4, 0.5) is 0 Å². The van der Waals surface area contributed by atoms with Crippen molar-refractivity contribution < 1.29 is 4.74 Å². The second-order valence-corrected chi connectivity index (χ2v) is 5.80. The number of likely N-dealkylation sites (N-methyl/N-ethyl adjacent to an activating group) is 1. The molecule has 0 radical (unpaired) electrons. The highest BCUT2D eigenvalue weighted by Crippen LogP contribution is 2.26. The summed E-state index contributed by atoms with van der Waals surface area (Å²) in [7, 11) is 1.93. The zero-order chi connectivity index (χ0) is 14.4. The molecule has 106 valence electrons. The summed E-state index contributed by atoms with van der Waals surface area (Å²) in [5.41, 5.74) is 2.26. The monoisotopic (exact) mass is 353 g/mol. The summed E-state index contributed by atoms with van der Waals surface area (Å²) in [5.74, 6) is 0. The van der Waals surface area contributed by atoms with Gasteiger partial charge in [-0.2, -0.15) is 0 Å². The first-order chi connectivity index (χ1) is 9.70. The number of halogens is 2. The molecular formula is C16H17BrClNO. The summed E-state index contributed by atoms with van der Waals surface area (Å²) in [6, 6.07) is 15.9. The van der Waals surface area contributed by atoms with Gasteiger partial charge >= 0.3 is 0 Å². The predicted octanol–water partition coefficient (Wildman–Crippen LogP) is 4.58. The summed E-state index contributed by atoms with van der Waals surface area (Å²) >= 11 is 9.46. The van der Waals surface area contributed by atoms with E-state index in [0.29, 0.717) is 6.61 Å². The van der Waals surface area contributed by atoms with Gasteiger partial charge in [-0.05, 0) is 36.4 Å². The first-order valence-corrected chi connectivity index (χ1v) is 7.63. The highest BCUT2D eigenvalue weighted by Gasteiger charge is 2.14. The molecule has 0 saturated carbocycles. The molecule has 0 bridgehead atoms. The Morgan fingerprint density at radius 2 is 1.85 bits per heavy atom. The summed E-state index contributed by atoms with van der Waals surface area (Å²) in [6.07, 6.45) is 0.00579. The van der Waals surface area contributed by atoms with E-state index in [-0.39, 0.29) is 6.10 Å². The Labute approximate surface area is 133 Å². The van der Waals surface area contributed by atoms with Crippen LogP contribution in [0.2, 0.25) is 5.02 Å². The number of rotatable bonds is 6. The first kappa shape index (κ1) is 15.5. The molecule has 0 saturated heterocycles. The van der Waals surface area contributed by atoms with Gasteiger partial charge in [0.05, 0.1) is 12.7 Å². The normalized spacial score (nSPS) is 12.3. The fraction of sp³-hybridized carbons (Fsp3) is 0.250. The van der Waals surface area contributed by atoms with Crippen LogP contribution in [-0.2, 0) is 11.3 Å². The standard InChI is InChI=1S/C16H17BrClNO/c1-19-10-16(14-4-2-3-5-15(14)17)20-11-12-6-8-13(18)9-7-12/h2-9,16,19H,10-11H2,1H3. The van der Waals surface area contributed by atoms with Crippen LogP contribution >= 0.6 is 27.5 Å². The molecule has 0 aliphatic rings. The maximum atomic E-state index is 6.04. The van der Waals surface area contributed by atoms with E-state index in [9.17, 15) is 0 Å². The molecule has 2 aromatic carbocycles. The van der Waals surface area contributed by atoms with Crippen molar-refractivity contribution in [1.29, 1.82) is 0 Å². The van der Waals surface area contributed by atoms with Crippen LogP contribution < -0.4 is 5.32 Å². The van der Waals surface area contributed by atoms with Gasteiger partial charge in [-0.3, -0.25) is 0 Å². The number of hydrogen-bond acceptors (Lipinski definition) is 2. The Hall–Kier alpha value is -0.870. The van der Waals surface area contributed by atoms with Gasteiger partial charge in [-0.1, -0.05) is 57.9 Å². The number of nitrogens with one attached hydrogen (secondary N) is 1. The van der Waals surface area contributed by atoms with E-state index in [4.69, 9.17) is 16.3 Å². The topological polar surface area (TPSA) is 21.3 Å². The molecule has 0 fully saturated rings. The van der Waals surface area contributed by atoms with Crippen molar-refractivity contribution >= 4 is 27.5 Å². The van der Waals surface area contributed by atoms with Crippen LogP contribution in [0.1, 0.15) is 17.2 Å². The zero-order valence-corrected chi connectivity index (χ0v) is 13.6. The quantitative estimate of drug-likeness (QED) is 0.820. The molecular weight excluding hydrogens is 338 g/mol. The number of hydrogen-bond donors (Lipinski definition) is 1. The molecule has 0 aliphatic heterocycles. The lowest BCUT2D eigenvalue weighted by atomic mass is 10.1. The van der Waals surface area contributed by atoms with Crippen molar-refractivity contribution in [1.82, 2.24) is 5.32 Å². The minimum atomic E-state index is 0.00579. The average Bonchev–Trinajstić information content (AvgIpc) is 2.46. The summed E-state index contributed by atoms with van der Waals surface area (Å²) in [6.45, 7) is 1.32. The number of ether oxygens (including phenoxy) is 1.